The van der Waals surface area contributed by atoms with Gasteiger partial charge in [0.2, 0.25) is 0 Å². The summed E-state index contributed by atoms with van der Waals surface area (Å²) in [7, 11) is 3.27. The Kier molecular flexibility index (Phi) is 7.15. The topological polar surface area (TPSA) is 101 Å². The second kappa shape index (κ2) is 9.99. The summed E-state index contributed by atoms with van der Waals surface area (Å²) in [4.78, 5) is 12.3. The first-order valence-corrected chi connectivity index (χ1v) is 10.0. The third kappa shape index (κ3) is 5.55. The van der Waals surface area contributed by atoms with Crippen molar-refractivity contribution in [3.05, 3.63) is 64.9 Å². The molecule has 3 rings (SSSR count). The number of hydrogen-bond acceptors (Lipinski definition) is 6. The minimum absolute atomic E-state index is 0.0505. The highest BCUT2D eigenvalue weighted by Crippen LogP contribution is 2.32. The number of aryl methyl sites for hydroxylation is 1. The van der Waals surface area contributed by atoms with Crippen molar-refractivity contribution >= 4 is 29.2 Å². The third-order valence-corrected chi connectivity index (χ3v) is 4.73. The molecule has 1 aliphatic carbocycles. The summed E-state index contributed by atoms with van der Waals surface area (Å²) in [6.07, 6.45) is 6.48. The largest absolute Gasteiger partial charge is 0.496 e. The molecule has 0 saturated carbocycles. The lowest BCUT2D eigenvalue weighted by Crippen LogP contribution is -2.18. The fourth-order valence-corrected chi connectivity index (χ4v) is 3.08. The number of halogens is 1. The summed E-state index contributed by atoms with van der Waals surface area (Å²) >= 11 is 6.02. The number of nitrogens with zero attached hydrogens (tertiary/aromatic N) is 2. The first kappa shape index (κ1) is 22.2. The Balaban J connectivity index is 1.62. The SMILES string of the molecule is CCN/C=C1/C=CC(COC(=O)Nc2cc(-c3ccc(Cl)cc3OC)nn2C)=CC1=N. The lowest BCUT2D eigenvalue weighted by molar-refractivity contribution is 0.172. The molecule has 0 saturated heterocycles. The minimum Gasteiger partial charge on any atom is -0.496 e. The molecule has 0 fully saturated rings. The lowest BCUT2D eigenvalue weighted by atomic mass is 10.0. The van der Waals surface area contributed by atoms with E-state index in [-0.39, 0.29) is 6.61 Å². The first-order chi connectivity index (χ1) is 14.9. The molecule has 9 heteroatoms. The molecule has 1 aromatic heterocycles. The number of carbonyl (C=O) groups excluding carboxylic acids is 1. The summed E-state index contributed by atoms with van der Waals surface area (Å²) in [5.74, 6) is 1.05. The predicted octanol–water partition coefficient (Wildman–Crippen LogP) is 4.31. The first-order valence-electron chi connectivity index (χ1n) is 9.64. The Bertz CT molecular complexity index is 1080. The molecule has 31 heavy (non-hydrogen) atoms. The molecule has 3 N–H and O–H groups in total. The van der Waals surface area contributed by atoms with Crippen molar-refractivity contribution < 1.29 is 14.3 Å². The molecule has 8 nitrogen and oxygen atoms in total. The van der Waals surface area contributed by atoms with Crippen LogP contribution in [0.15, 0.2) is 59.8 Å². The zero-order valence-corrected chi connectivity index (χ0v) is 18.3. The van der Waals surface area contributed by atoms with Gasteiger partial charge < -0.3 is 20.2 Å². The molecule has 1 aromatic carbocycles. The number of methoxy groups -OCH3 is 1. The van der Waals surface area contributed by atoms with Crippen LogP contribution in [0.4, 0.5) is 10.6 Å². The molecule has 0 spiro atoms. The summed E-state index contributed by atoms with van der Waals surface area (Å²) in [5.41, 5.74) is 3.23. The molecular formula is C22H24ClN5O3. The van der Waals surface area contributed by atoms with E-state index < -0.39 is 6.09 Å². The standard InChI is InChI=1S/C22H24ClN5O3/c1-4-25-12-15-6-5-14(9-18(15)24)13-31-22(29)26-21-11-19(27-28(21)2)17-8-7-16(23)10-20(17)30-3/h5-12,24-25H,4,13H2,1-3H3,(H,26,29)/b15-12-,24-18?. The summed E-state index contributed by atoms with van der Waals surface area (Å²) in [6.45, 7) is 2.82. The van der Waals surface area contributed by atoms with Crippen LogP contribution in [-0.4, -0.2) is 41.8 Å². The highest BCUT2D eigenvalue weighted by molar-refractivity contribution is 6.30. The van der Waals surface area contributed by atoms with Gasteiger partial charge in [-0.3, -0.25) is 10.00 Å². The van der Waals surface area contributed by atoms with Gasteiger partial charge in [0.1, 0.15) is 18.2 Å². The molecule has 0 unspecified atom stereocenters. The average molecular weight is 442 g/mol. The minimum atomic E-state index is -0.618. The van der Waals surface area contributed by atoms with E-state index in [2.05, 4.69) is 15.7 Å². The van der Waals surface area contributed by atoms with Crippen LogP contribution >= 0.6 is 11.6 Å². The summed E-state index contributed by atoms with van der Waals surface area (Å²) in [5, 5.41) is 18.8. The van der Waals surface area contributed by atoms with E-state index in [1.54, 1.807) is 50.7 Å². The number of benzene rings is 1. The van der Waals surface area contributed by atoms with Gasteiger partial charge in [-0.25, -0.2) is 4.79 Å². The van der Waals surface area contributed by atoms with Gasteiger partial charge in [-0.2, -0.15) is 5.10 Å². The lowest BCUT2D eigenvalue weighted by Gasteiger charge is -2.12. The van der Waals surface area contributed by atoms with Crippen molar-refractivity contribution in [1.82, 2.24) is 15.1 Å². The van der Waals surface area contributed by atoms with E-state index in [0.29, 0.717) is 28.0 Å². The maximum absolute atomic E-state index is 12.3. The Morgan fingerprint density at radius 1 is 1.32 bits per heavy atom. The Hall–Kier alpha value is -3.52. The molecule has 0 atom stereocenters. The monoisotopic (exact) mass is 441 g/mol. The molecule has 1 aliphatic rings. The molecule has 1 heterocycles. The van der Waals surface area contributed by atoms with Gasteiger partial charge in [0.25, 0.3) is 0 Å². The van der Waals surface area contributed by atoms with Crippen LogP contribution in [0.5, 0.6) is 5.75 Å². The van der Waals surface area contributed by atoms with Crippen molar-refractivity contribution in [1.29, 1.82) is 5.41 Å². The van der Waals surface area contributed by atoms with E-state index in [0.717, 1.165) is 23.3 Å². The van der Waals surface area contributed by atoms with Gasteiger partial charge in [-0.05, 0) is 36.8 Å². The average Bonchev–Trinajstić information content (AvgIpc) is 3.11. The smallest absolute Gasteiger partial charge is 0.413 e. The predicted molar refractivity (Wildman–Crippen MR) is 122 cm³/mol. The molecule has 0 radical (unpaired) electrons. The van der Waals surface area contributed by atoms with Crippen molar-refractivity contribution in [2.24, 2.45) is 7.05 Å². The Morgan fingerprint density at radius 3 is 2.84 bits per heavy atom. The van der Waals surface area contributed by atoms with Crippen LogP contribution < -0.4 is 15.4 Å². The highest BCUT2D eigenvalue weighted by atomic mass is 35.5. The third-order valence-electron chi connectivity index (χ3n) is 4.50. The number of nitrogens with one attached hydrogen (secondary N) is 3. The summed E-state index contributed by atoms with van der Waals surface area (Å²) in [6, 6.07) is 6.98. The normalized spacial score (nSPS) is 14.4. The van der Waals surface area contributed by atoms with Gasteiger partial charge >= 0.3 is 6.09 Å². The van der Waals surface area contributed by atoms with Gasteiger partial charge in [0.05, 0.1) is 18.5 Å². The molecule has 0 aliphatic heterocycles. The van der Waals surface area contributed by atoms with Gasteiger partial charge in [0, 0.05) is 42.0 Å². The molecule has 162 valence electrons. The van der Waals surface area contributed by atoms with E-state index in [1.165, 1.54) is 4.68 Å². The maximum Gasteiger partial charge on any atom is 0.413 e. The van der Waals surface area contributed by atoms with Crippen LogP contribution in [-0.2, 0) is 11.8 Å². The van der Waals surface area contributed by atoms with E-state index >= 15 is 0 Å². The van der Waals surface area contributed by atoms with Crippen molar-refractivity contribution in [2.45, 2.75) is 6.92 Å². The van der Waals surface area contributed by atoms with Crippen molar-refractivity contribution in [3.8, 4) is 17.0 Å². The number of aromatic nitrogens is 2. The van der Waals surface area contributed by atoms with Gasteiger partial charge in [0.15, 0.2) is 0 Å². The maximum atomic E-state index is 12.3. The molecule has 0 bridgehead atoms. The zero-order chi connectivity index (χ0) is 22.4. The number of carbonyl (C=O) groups is 1. The van der Waals surface area contributed by atoms with E-state index in [1.807, 2.05) is 19.1 Å². The highest BCUT2D eigenvalue weighted by Gasteiger charge is 2.15. The quantitative estimate of drug-likeness (QED) is 0.594. The van der Waals surface area contributed by atoms with Gasteiger partial charge in [-0.1, -0.05) is 23.8 Å². The fraction of sp³-hybridized carbons (Fsp3) is 0.227. The number of rotatable bonds is 7. The molecule has 2 aromatic rings. The fourth-order valence-electron chi connectivity index (χ4n) is 2.91. The Morgan fingerprint density at radius 2 is 2.13 bits per heavy atom. The number of hydrogen-bond donors (Lipinski definition) is 3. The molecule has 1 amide bonds. The second-order valence-electron chi connectivity index (χ2n) is 6.71. The number of anilines is 1. The summed E-state index contributed by atoms with van der Waals surface area (Å²) < 4.78 is 12.2. The van der Waals surface area contributed by atoms with E-state index in [9.17, 15) is 4.79 Å². The van der Waals surface area contributed by atoms with E-state index in [4.69, 9.17) is 26.5 Å². The zero-order valence-electron chi connectivity index (χ0n) is 17.5. The number of amides is 1. The van der Waals surface area contributed by atoms with Crippen LogP contribution in [0.2, 0.25) is 5.02 Å². The van der Waals surface area contributed by atoms with Crippen LogP contribution in [0.3, 0.4) is 0 Å². The second-order valence-corrected chi connectivity index (χ2v) is 7.14. The Labute approximate surface area is 185 Å². The van der Waals surface area contributed by atoms with Crippen molar-refractivity contribution in [3.63, 3.8) is 0 Å². The molecular weight excluding hydrogens is 418 g/mol. The van der Waals surface area contributed by atoms with Crippen molar-refractivity contribution in [2.75, 3.05) is 25.6 Å². The van der Waals surface area contributed by atoms with Gasteiger partial charge in [-0.15, -0.1) is 0 Å². The van der Waals surface area contributed by atoms with Crippen LogP contribution in [0.1, 0.15) is 6.92 Å². The van der Waals surface area contributed by atoms with Crippen LogP contribution in [0, 0.1) is 5.41 Å². The number of ether oxygens (including phenoxy) is 2. The number of allylic oxidation sites excluding steroid dienone is 3. The van der Waals surface area contributed by atoms with Crippen LogP contribution in [0.25, 0.3) is 11.3 Å².